The minimum absolute atomic E-state index is 0.289. The predicted octanol–water partition coefficient (Wildman–Crippen LogP) is 2.57. The van der Waals surface area contributed by atoms with Crippen LogP contribution in [-0.2, 0) is 0 Å². The number of nitrogens with one attached hydrogen (secondary N) is 2. The maximum absolute atomic E-state index is 11.8. The fourth-order valence-electron chi connectivity index (χ4n) is 1.45. The number of carbonyl (C=O) groups excluding carboxylic acids is 1. The predicted molar refractivity (Wildman–Crippen MR) is 75.1 cm³/mol. The lowest BCUT2D eigenvalue weighted by Crippen LogP contribution is -2.20. The molecule has 1 aromatic heterocycles. The van der Waals surface area contributed by atoms with Gasteiger partial charge < -0.3 is 10.1 Å². The summed E-state index contributed by atoms with van der Waals surface area (Å²) in [5.74, 6) is 0.824. The van der Waals surface area contributed by atoms with Gasteiger partial charge in [0.2, 0.25) is 0 Å². The fourth-order valence-corrected chi connectivity index (χ4v) is 1.63. The zero-order chi connectivity index (χ0) is 14.4. The minimum Gasteiger partial charge on any atom is -0.492 e. The van der Waals surface area contributed by atoms with Gasteiger partial charge in [-0.3, -0.25) is 5.32 Å². The number of benzene rings is 1. The largest absolute Gasteiger partial charge is 0.492 e. The second-order valence-electron chi connectivity index (χ2n) is 3.64. The van der Waals surface area contributed by atoms with Gasteiger partial charge in [0.25, 0.3) is 0 Å². The van der Waals surface area contributed by atoms with E-state index in [2.05, 4.69) is 25.8 Å². The van der Waals surface area contributed by atoms with Crippen molar-refractivity contribution in [3.05, 3.63) is 35.7 Å². The van der Waals surface area contributed by atoms with Crippen LogP contribution in [0.2, 0.25) is 5.02 Å². The Kier molecular flexibility index (Phi) is 4.67. The van der Waals surface area contributed by atoms with Crippen LogP contribution in [0.1, 0.15) is 6.92 Å². The standard InChI is InChI=1S/C12H12ClN5O2/c1-2-20-10-4-3-8(13)5-9(10)17-12(19)18-11-6-15-16-7-14-11/h3-7H,2H2,1H3,(H2,14,16,17,18,19). The fraction of sp³-hybridized carbons (Fsp3) is 0.167. The quantitative estimate of drug-likeness (QED) is 0.904. The normalized spacial score (nSPS) is 9.90. The van der Waals surface area contributed by atoms with Crippen molar-refractivity contribution in [1.29, 1.82) is 0 Å². The third kappa shape index (κ3) is 3.79. The third-order valence-corrected chi connectivity index (χ3v) is 2.46. The number of urea groups is 1. The summed E-state index contributed by atoms with van der Waals surface area (Å²) in [7, 11) is 0. The minimum atomic E-state index is -0.478. The van der Waals surface area contributed by atoms with Gasteiger partial charge in [-0.25, -0.2) is 9.78 Å². The lowest BCUT2D eigenvalue weighted by atomic mass is 10.3. The van der Waals surface area contributed by atoms with E-state index in [9.17, 15) is 4.79 Å². The molecule has 104 valence electrons. The van der Waals surface area contributed by atoms with Crippen LogP contribution < -0.4 is 15.4 Å². The van der Waals surface area contributed by atoms with Crippen molar-refractivity contribution in [1.82, 2.24) is 15.2 Å². The third-order valence-electron chi connectivity index (χ3n) is 2.23. The second-order valence-corrected chi connectivity index (χ2v) is 4.08. The van der Waals surface area contributed by atoms with Gasteiger partial charge in [-0.05, 0) is 25.1 Å². The summed E-state index contributed by atoms with van der Waals surface area (Å²) < 4.78 is 5.40. The van der Waals surface area contributed by atoms with Gasteiger partial charge in [0, 0.05) is 5.02 Å². The molecule has 0 fully saturated rings. The highest BCUT2D eigenvalue weighted by atomic mass is 35.5. The first kappa shape index (κ1) is 14.0. The number of nitrogens with zero attached hydrogens (tertiary/aromatic N) is 3. The zero-order valence-corrected chi connectivity index (χ0v) is 11.4. The maximum atomic E-state index is 11.8. The molecule has 2 rings (SSSR count). The van der Waals surface area contributed by atoms with Crippen molar-refractivity contribution in [3.8, 4) is 5.75 Å². The van der Waals surface area contributed by atoms with Crippen LogP contribution in [0.15, 0.2) is 30.7 Å². The van der Waals surface area contributed by atoms with Crippen molar-refractivity contribution in [2.24, 2.45) is 0 Å². The molecule has 0 radical (unpaired) electrons. The van der Waals surface area contributed by atoms with Crippen LogP contribution in [0.25, 0.3) is 0 Å². The van der Waals surface area contributed by atoms with E-state index in [1.165, 1.54) is 12.5 Å². The van der Waals surface area contributed by atoms with Crippen LogP contribution in [0.5, 0.6) is 5.75 Å². The number of hydrogen-bond acceptors (Lipinski definition) is 5. The molecular weight excluding hydrogens is 282 g/mol. The molecule has 0 saturated heterocycles. The van der Waals surface area contributed by atoms with Crippen LogP contribution in [0, 0.1) is 0 Å². The Morgan fingerprint density at radius 3 is 2.90 bits per heavy atom. The number of amides is 2. The molecule has 1 aromatic carbocycles. The van der Waals surface area contributed by atoms with Crippen LogP contribution in [0.4, 0.5) is 16.3 Å². The molecule has 0 atom stereocenters. The van der Waals surface area contributed by atoms with E-state index in [1.54, 1.807) is 18.2 Å². The lowest BCUT2D eigenvalue weighted by Gasteiger charge is -2.12. The topological polar surface area (TPSA) is 89.0 Å². The number of hydrogen-bond donors (Lipinski definition) is 2. The first-order valence-corrected chi connectivity index (χ1v) is 6.20. The number of rotatable bonds is 4. The molecule has 2 N–H and O–H groups in total. The molecule has 0 aliphatic rings. The molecule has 0 unspecified atom stereocenters. The molecule has 8 heteroatoms. The van der Waals surface area contributed by atoms with Crippen LogP contribution in [-0.4, -0.2) is 27.8 Å². The van der Waals surface area contributed by atoms with Crippen molar-refractivity contribution in [2.45, 2.75) is 6.92 Å². The summed E-state index contributed by atoms with van der Waals surface area (Å²) >= 11 is 5.90. The van der Waals surface area contributed by atoms with Gasteiger partial charge in [-0.2, -0.15) is 5.10 Å². The number of carbonyl (C=O) groups is 1. The molecule has 2 amide bonds. The Labute approximate surface area is 120 Å². The highest BCUT2D eigenvalue weighted by Crippen LogP contribution is 2.28. The molecule has 0 aliphatic carbocycles. The molecule has 0 aliphatic heterocycles. The Morgan fingerprint density at radius 2 is 2.20 bits per heavy atom. The van der Waals surface area contributed by atoms with E-state index in [4.69, 9.17) is 16.3 Å². The van der Waals surface area contributed by atoms with Gasteiger partial charge in [0.05, 0.1) is 18.5 Å². The Hall–Kier alpha value is -2.41. The molecule has 0 saturated carbocycles. The molecule has 7 nitrogen and oxygen atoms in total. The van der Waals surface area contributed by atoms with Crippen LogP contribution in [0.3, 0.4) is 0 Å². The Morgan fingerprint density at radius 1 is 1.35 bits per heavy atom. The zero-order valence-electron chi connectivity index (χ0n) is 10.6. The summed E-state index contributed by atoms with van der Waals surface area (Å²) in [5, 5.41) is 12.8. The van der Waals surface area contributed by atoms with E-state index in [1.807, 2.05) is 6.92 Å². The van der Waals surface area contributed by atoms with E-state index in [-0.39, 0.29) is 5.82 Å². The van der Waals surface area contributed by atoms with Crippen molar-refractivity contribution < 1.29 is 9.53 Å². The smallest absolute Gasteiger partial charge is 0.325 e. The van der Waals surface area contributed by atoms with E-state index >= 15 is 0 Å². The number of aromatic nitrogens is 3. The monoisotopic (exact) mass is 293 g/mol. The highest BCUT2D eigenvalue weighted by molar-refractivity contribution is 6.31. The molecular formula is C12H12ClN5O2. The average Bonchev–Trinajstić information content (AvgIpc) is 2.43. The molecule has 2 aromatic rings. The van der Waals surface area contributed by atoms with E-state index < -0.39 is 6.03 Å². The summed E-state index contributed by atoms with van der Waals surface area (Å²) in [6, 6.07) is 4.50. The van der Waals surface area contributed by atoms with Gasteiger partial charge in [-0.15, -0.1) is 5.10 Å². The average molecular weight is 294 g/mol. The summed E-state index contributed by atoms with van der Waals surface area (Å²) in [4.78, 5) is 15.7. The number of anilines is 2. The van der Waals surface area contributed by atoms with Crippen molar-refractivity contribution in [3.63, 3.8) is 0 Å². The van der Waals surface area contributed by atoms with Gasteiger partial charge in [-0.1, -0.05) is 11.6 Å². The van der Waals surface area contributed by atoms with Gasteiger partial charge in [0.15, 0.2) is 5.82 Å². The van der Waals surface area contributed by atoms with Gasteiger partial charge >= 0.3 is 6.03 Å². The molecule has 0 spiro atoms. The molecule has 0 bridgehead atoms. The van der Waals surface area contributed by atoms with E-state index in [0.29, 0.717) is 23.1 Å². The highest BCUT2D eigenvalue weighted by Gasteiger charge is 2.09. The first-order chi connectivity index (χ1) is 9.69. The first-order valence-electron chi connectivity index (χ1n) is 5.82. The number of halogens is 1. The lowest BCUT2D eigenvalue weighted by molar-refractivity contribution is 0.262. The Balaban J connectivity index is 2.09. The van der Waals surface area contributed by atoms with E-state index in [0.717, 1.165) is 0 Å². The maximum Gasteiger partial charge on any atom is 0.325 e. The van der Waals surface area contributed by atoms with Gasteiger partial charge in [0.1, 0.15) is 12.1 Å². The van der Waals surface area contributed by atoms with Crippen LogP contribution >= 0.6 is 11.6 Å². The molecule has 1 heterocycles. The summed E-state index contributed by atoms with van der Waals surface area (Å²) in [6.45, 7) is 2.33. The van der Waals surface area contributed by atoms with Crippen molar-refractivity contribution >= 4 is 29.1 Å². The summed E-state index contributed by atoms with van der Waals surface area (Å²) in [5.41, 5.74) is 0.471. The summed E-state index contributed by atoms with van der Waals surface area (Å²) in [6.07, 6.45) is 2.57. The molecule has 20 heavy (non-hydrogen) atoms. The SMILES string of the molecule is CCOc1ccc(Cl)cc1NC(=O)Nc1cnncn1. The second kappa shape index (κ2) is 6.67. The van der Waals surface area contributed by atoms with Crippen molar-refractivity contribution in [2.75, 3.05) is 17.2 Å². The Bertz CT molecular complexity index is 594. The number of ether oxygens (including phenoxy) is 1.